The summed E-state index contributed by atoms with van der Waals surface area (Å²) in [6.45, 7) is 0. The number of benzene rings is 2. The van der Waals surface area contributed by atoms with Crippen molar-refractivity contribution in [3.8, 4) is 17.2 Å². The molecule has 10 heteroatoms. The number of rotatable bonds is 5. The summed E-state index contributed by atoms with van der Waals surface area (Å²) >= 11 is 6.95. The molecule has 1 aliphatic heterocycles. The van der Waals surface area contributed by atoms with E-state index in [0.29, 0.717) is 17.1 Å². The van der Waals surface area contributed by atoms with Gasteiger partial charge in [0.05, 0.1) is 21.9 Å². The summed E-state index contributed by atoms with van der Waals surface area (Å²) < 4.78 is 34.3. The van der Waals surface area contributed by atoms with Gasteiger partial charge in [0.1, 0.15) is 5.75 Å². The molecule has 1 fully saturated rings. The second-order valence-corrected chi connectivity index (χ2v) is 9.17. The number of sulfone groups is 1. The monoisotopic (exact) mass is 439 g/mol. The lowest BCUT2D eigenvalue weighted by Gasteiger charge is -2.13. The molecule has 1 aliphatic rings. The van der Waals surface area contributed by atoms with Gasteiger partial charge in [-0.15, -0.1) is 0 Å². The van der Waals surface area contributed by atoms with E-state index in [2.05, 4.69) is 5.32 Å². The Labute approximate surface area is 170 Å². The van der Waals surface area contributed by atoms with Crippen molar-refractivity contribution >= 4 is 50.4 Å². The van der Waals surface area contributed by atoms with E-state index in [0.717, 1.165) is 18.0 Å². The lowest BCUT2D eigenvalue weighted by molar-refractivity contribution is -0.115. The van der Waals surface area contributed by atoms with Crippen LogP contribution < -0.4 is 14.8 Å². The normalized spacial score (nSPS) is 15.6. The molecule has 1 heterocycles. The zero-order valence-electron chi connectivity index (χ0n) is 14.7. The Morgan fingerprint density at radius 3 is 2.36 bits per heavy atom. The molecule has 2 aromatic rings. The van der Waals surface area contributed by atoms with Crippen molar-refractivity contribution < 1.29 is 27.5 Å². The van der Waals surface area contributed by atoms with Crippen LogP contribution in [0.2, 0.25) is 5.02 Å². The molecule has 7 nitrogen and oxygen atoms in total. The van der Waals surface area contributed by atoms with Crippen LogP contribution in [0.15, 0.2) is 46.2 Å². The van der Waals surface area contributed by atoms with Crippen LogP contribution in [0.1, 0.15) is 5.56 Å². The Hall–Kier alpha value is -2.49. The molecule has 2 amide bonds. The standard InChI is InChI=1S/C18H14ClNO6S2/c1-25-15-7-10(8-16-17(21)20-18(22)27-16)3-5-14(15)26-13-6-4-11(9-12(13)19)28(2,23)24/h3-9H,1-2H3,(H,20,21,22). The first-order valence-electron chi connectivity index (χ1n) is 7.78. The molecule has 0 bridgehead atoms. The number of thioether (sulfide) groups is 1. The number of imide groups is 1. The third-order valence-corrected chi connectivity index (χ3v) is 5.90. The predicted molar refractivity (Wildman–Crippen MR) is 107 cm³/mol. The molecular weight excluding hydrogens is 426 g/mol. The number of hydrogen-bond donors (Lipinski definition) is 1. The van der Waals surface area contributed by atoms with E-state index in [-0.39, 0.29) is 20.6 Å². The van der Waals surface area contributed by atoms with Crippen LogP contribution in [0.3, 0.4) is 0 Å². The molecule has 0 spiro atoms. The van der Waals surface area contributed by atoms with Crippen molar-refractivity contribution in [2.24, 2.45) is 0 Å². The predicted octanol–water partition coefficient (Wildman–Crippen LogP) is 3.87. The molecule has 146 valence electrons. The highest BCUT2D eigenvalue weighted by atomic mass is 35.5. The Bertz CT molecular complexity index is 1110. The molecular formula is C18H14ClNO6S2. The van der Waals surface area contributed by atoms with Gasteiger partial charge in [0, 0.05) is 6.26 Å². The van der Waals surface area contributed by atoms with E-state index >= 15 is 0 Å². The van der Waals surface area contributed by atoms with Gasteiger partial charge in [0.25, 0.3) is 11.1 Å². The van der Waals surface area contributed by atoms with Gasteiger partial charge >= 0.3 is 0 Å². The maximum Gasteiger partial charge on any atom is 0.290 e. The Morgan fingerprint density at radius 1 is 1.07 bits per heavy atom. The maximum absolute atomic E-state index is 11.7. The number of amides is 2. The molecule has 0 aliphatic carbocycles. The first-order chi connectivity index (χ1) is 13.2. The van der Waals surface area contributed by atoms with Crippen LogP contribution in [0.25, 0.3) is 6.08 Å². The van der Waals surface area contributed by atoms with Crippen LogP contribution in [-0.4, -0.2) is 32.9 Å². The second kappa shape index (κ2) is 7.86. The van der Waals surface area contributed by atoms with E-state index in [9.17, 15) is 18.0 Å². The van der Waals surface area contributed by atoms with Crippen molar-refractivity contribution in [3.05, 3.63) is 51.9 Å². The van der Waals surface area contributed by atoms with Crippen molar-refractivity contribution in [1.82, 2.24) is 5.32 Å². The lowest BCUT2D eigenvalue weighted by atomic mass is 10.2. The molecule has 0 saturated carbocycles. The van der Waals surface area contributed by atoms with E-state index in [1.165, 1.54) is 25.3 Å². The van der Waals surface area contributed by atoms with Gasteiger partial charge in [0.15, 0.2) is 21.3 Å². The van der Waals surface area contributed by atoms with Gasteiger partial charge < -0.3 is 9.47 Å². The van der Waals surface area contributed by atoms with E-state index in [4.69, 9.17) is 21.1 Å². The average Bonchev–Trinajstić information content (AvgIpc) is 2.94. The van der Waals surface area contributed by atoms with Gasteiger partial charge in [-0.3, -0.25) is 14.9 Å². The van der Waals surface area contributed by atoms with E-state index in [1.54, 1.807) is 24.3 Å². The highest BCUT2D eigenvalue weighted by molar-refractivity contribution is 8.18. The number of halogens is 1. The van der Waals surface area contributed by atoms with Gasteiger partial charge in [0.2, 0.25) is 0 Å². The molecule has 0 unspecified atom stereocenters. The minimum absolute atomic E-state index is 0.0840. The molecule has 1 N–H and O–H groups in total. The Kier molecular flexibility index (Phi) is 5.69. The topological polar surface area (TPSA) is 98.8 Å². The summed E-state index contributed by atoms with van der Waals surface area (Å²) in [4.78, 5) is 23.3. The minimum atomic E-state index is -3.38. The number of nitrogens with one attached hydrogen (secondary N) is 1. The molecule has 3 rings (SSSR count). The summed E-state index contributed by atoms with van der Waals surface area (Å²) in [5.74, 6) is 0.521. The molecule has 1 saturated heterocycles. The first-order valence-corrected chi connectivity index (χ1v) is 10.9. The number of carbonyl (C=O) groups is 2. The largest absolute Gasteiger partial charge is 0.493 e. The van der Waals surface area contributed by atoms with Crippen molar-refractivity contribution in [2.75, 3.05) is 13.4 Å². The van der Waals surface area contributed by atoms with Crippen LogP contribution in [0.4, 0.5) is 4.79 Å². The quantitative estimate of drug-likeness (QED) is 0.706. The SMILES string of the molecule is COc1cc(C=C2SC(=O)NC2=O)ccc1Oc1ccc(S(C)(=O)=O)cc1Cl. The van der Waals surface area contributed by atoms with Crippen LogP contribution in [0.5, 0.6) is 17.2 Å². The third kappa shape index (κ3) is 4.49. The first kappa shape index (κ1) is 20.2. The fourth-order valence-electron chi connectivity index (χ4n) is 2.34. The summed E-state index contributed by atoms with van der Waals surface area (Å²) in [5.41, 5.74) is 0.634. The summed E-state index contributed by atoms with van der Waals surface area (Å²) in [6.07, 6.45) is 2.65. The number of hydrogen-bond acceptors (Lipinski definition) is 7. The average molecular weight is 440 g/mol. The second-order valence-electron chi connectivity index (χ2n) is 5.73. The zero-order valence-corrected chi connectivity index (χ0v) is 17.1. The number of carbonyl (C=O) groups excluding carboxylic acids is 2. The van der Waals surface area contributed by atoms with Crippen molar-refractivity contribution in [1.29, 1.82) is 0 Å². The minimum Gasteiger partial charge on any atom is -0.493 e. The molecule has 0 radical (unpaired) electrons. The Balaban J connectivity index is 1.89. The summed E-state index contributed by atoms with van der Waals surface area (Å²) in [6, 6.07) is 9.10. The number of methoxy groups -OCH3 is 1. The van der Waals surface area contributed by atoms with Gasteiger partial charge in [-0.2, -0.15) is 0 Å². The molecule has 0 atom stereocenters. The highest BCUT2D eigenvalue weighted by Crippen LogP contribution is 2.37. The van der Waals surface area contributed by atoms with Crippen molar-refractivity contribution in [3.63, 3.8) is 0 Å². The molecule has 2 aromatic carbocycles. The van der Waals surface area contributed by atoms with E-state index < -0.39 is 21.0 Å². The fourth-order valence-corrected chi connectivity index (χ4v) is 3.96. The van der Waals surface area contributed by atoms with E-state index in [1.807, 2.05) is 0 Å². The molecule has 0 aromatic heterocycles. The van der Waals surface area contributed by atoms with Gasteiger partial charge in [-0.1, -0.05) is 17.7 Å². The lowest BCUT2D eigenvalue weighted by Crippen LogP contribution is -2.17. The fraction of sp³-hybridized carbons (Fsp3) is 0.111. The summed E-state index contributed by atoms with van der Waals surface area (Å²) in [7, 11) is -1.93. The Morgan fingerprint density at radius 2 is 1.79 bits per heavy atom. The molecule has 28 heavy (non-hydrogen) atoms. The van der Waals surface area contributed by atoms with Crippen LogP contribution in [0, 0.1) is 0 Å². The smallest absolute Gasteiger partial charge is 0.290 e. The van der Waals surface area contributed by atoms with Crippen LogP contribution >= 0.6 is 23.4 Å². The zero-order chi connectivity index (χ0) is 20.5. The van der Waals surface area contributed by atoms with Crippen LogP contribution in [-0.2, 0) is 14.6 Å². The van der Waals surface area contributed by atoms with Gasteiger partial charge in [-0.25, -0.2) is 8.42 Å². The maximum atomic E-state index is 11.7. The summed E-state index contributed by atoms with van der Waals surface area (Å²) in [5, 5.41) is 1.90. The van der Waals surface area contributed by atoms with Crippen molar-refractivity contribution in [2.45, 2.75) is 4.90 Å². The highest BCUT2D eigenvalue weighted by Gasteiger charge is 2.25. The number of ether oxygens (including phenoxy) is 2. The van der Waals surface area contributed by atoms with Gasteiger partial charge in [-0.05, 0) is 53.7 Å². The third-order valence-electron chi connectivity index (χ3n) is 3.68.